The summed E-state index contributed by atoms with van der Waals surface area (Å²) >= 11 is 0. The summed E-state index contributed by atoms with van der Waals surface area (Å²) in [5, 5.41) is 6.42. The lowest BCUT2D eigenvalue weighted by Gasteiger charge is -2.29. The predicted octanol–water partition coefficient (Wildman–Crippen LogP) is -0.331. The van der Waals surface area contributed by atoms with Crippen LogP contribution in [0.2, 0.25) is 0 Å². The Morgan fingerprint density at radius 2 is 2.56 bits per heavy atom. The lowest BCUT2D eigenvalue weighted by molar-refractivity contribution is -0.00223. The summed E-state index contributed by atoms with van der Waals surface area (Å²) in [6, 6.07) is 0.421. The molecule has 98 valence electrons. The van der Waals surface area contributed by atoms with E-state index in [1.807, 2.05) is 7.05 Å². The van der Waals surface area contributed by atoms with Gasteiger partial charge in [-0.05, 0) is 12.8 Å². The van der Waals surface area contributed by atoms with E-state index in [1.54, 1.807) is 17.0 Å². The monoisotopic (exact) mass is 250 g/mol. The number of hydrogen-bond acceptors (Lipinski definition) is 4. The van der Waals surface area contributed by atoms with Crippen molar-refractivity contribution < 1.29 is 9.53 Å². The molecule has 1 aromatic heterocycles. The third kappa shape index (κ3) is 2.02. The maximum Gasteiger partial charge on any atom is 0.287 e. The van der Waals surface area contributed by atoms with E-state index in [9.17, 15) is 4.79 Å². The van der Waals surface area contributed by atoms with Gasteiger partial charge in [0.15, 0.2) is 5.82 Å². The first-order chi connectivity index (χ1) is 8.75. The van der Waals surface area contributed by atoms with E-state index in [1.165, 1.54) is 0 Å². The molecule has 2 saturated heterocycles. The number of nitrogens with zero attached hydrogens (tertiary/aromatic N) is 2. The molecule has 6 nitrogen and oxygen atoms in total. The quantitative estimate of drug-likeness (QED) is 0.754. The lowest BCUT2D eigenvalue weighted by Crippen LogP contribution is -2.47. The van der Waals surface area contributed by atoms with Gasteiger partial charge in [-0.25, -0.2) is 4.98 Å². The molecule has 0 bridgehead atoms. The van der Waals surface area contributed by atoms with Crippen LogP contribution >= 0.6 is 0 Å². The van der Waals surface area contributed by atoms with Gasteiger partial charge < -0.3 is 19.9 Å². The molecular formula is C12H18N4O2. The molecule has 6 heteroatoms. The molecule has 0 radical (unpaired) electrons. The molecule has 3 heterocycles. The first kappa shape index (κ1) is 11.7. The number of fused-ring (bicyclic) bond motifs is 1. The van der Waals surface area contributed by atoms with Crippen LogP contribution in [0.3, 0.4) is 0 Å². The molecule has 2 N–H and O–H groups in total. The van der Waals surface area contributed by atoms with Crippen molar-refractivity contribution in [3.8, 4) is 0 Å². The van der Waals surface area contributed by atoms with Gasteiger partial charge in [-0.3, -0.25) is 4.79 Å². The highest BCUT2D eigenvalue weighted by atomic mass is 16.5. The number of carbonyl (C=O) groups is 1. The Hall–Kier alpha value is -1.40. The standard InChI is InChI=1S/C12H18N4O2/c1-16-5-4-13-11(16)12(17)15-9-7-14-8-3-2-6-18-10(8)9/h4-5,8-10,14H,2-3,6-7H2,1H3,(H,15,17)/t8-,9+,10-/m1/s1. The number of imidazole rings is 1. The van der Waals surface area contributed by atoms with E-state index in [0.717, 1.165) is 26.0 Å². The van der Waals surface area contributed by atoms with E-state index >= 15 is 0 Å². The summed E-state index contributed by atoms with van der Waals surface area (Å²) < 4.78 is 7.48. The van der Waals surface area contributed by atoms with Crippen molar-refractivity contribution in [2.24, 2.45) is 7.05 Å². The molecular weight excluding hydrogens is 232 g/mol. The lowest BCUT2D eigenvalue weighted by atomic mass is 10.0. The van der Waals surface area contributed by atoms with E-state index in [4.69, 9.17) is 4.74 Å². The van der Waals surface area contributed by atoms with E-state index < -0.39 is 0 Å². The maximum atomic E-state index is 12.1. The van der Waals surface area contributed by atoms with Gasteiger partial charge in [0, 0.05) is 38.6 Å². The molecule has 2 aliphatic rings. The van der Waals surface area contributed by atoms with Crippen molar-refractivity contribution in [2.75, 3.05) is 13.2 Å². The van der Waals surface area contributed by atoms with Crippen LogP contribution in [0, 0.1) is 0 Å². The number of nitrogens with one attached hydrogen (secondary N) is 2. The van der Waals surface area contributed by atoms with Gasteiger partial charge >= 0.3 is 0 Å². The fourth-order valence-corrected chi connectivity index (χ4v) is 2.76. The summed E-state index contributed by atoms with van der Waals surface area (Å²) in [6.45, 7) is 1.56. The van der Waals surface area contributed by atoms with Gasteiger partial charge in [-0.15, -0.1) is 0 Å². The second kappa shape index (κ2) is 4.70. The molecule has 2 fully saturated rings. The molecule has 18 heavy (non-hydrogen) atoms. The minimum absolute atomic E-state index is 0.0412. The topological polar surface area (TPSA) is 68.2 Å². The first-order valence-electron chi connectivity index (χ1n) is 6.39. The number of carbonyl (C=O) groups excluding carboxylic acids is 1. The van der Waals surface area contributed by atoms with Crippen LogP contribution in [-0.4, -0.2) is 46.8 Å². The maximum absolute atomic E-state index is 12.1. The molecule has 0 spiro atoms. The van der Waals surface area contributed by atoms with Gasteiger partial charge in [-0.1, -0.05) is 0 Å². The van der Waals surface area contributed by atoms with Gasteiger partial charge in [0.05, 0.1) is 12.1 Å². The third-order valence-electron chi connectivity index (χ3n) is 3.70. The largest absolute Gasteiger partial charge is 0.374 e. The average Bonchev–Trinajstić information content (AvgIpc) is 2.97. The number of ether oxygens (including phenoxy) is 1. The van der Waals surface area contributed by atoms with Crippen molar-refractivity contribution >= 4 is 5.91 Å². The molecule has 0 aliphatic carbocycles. The first-order valence-corrected chi connectivity index (χ1v) is 6.39. The van der Waals surface area contributed by atoms with Crippen molar-refractivity contribution in [1.29, 1.82) is 0 Å². The Kier molecular flexibility index (Phi) is 3.05. The predicted molar refractivity (Wildman–Crippen MR) is 65.2 cm³/mol. The third-order valence-corrected chi connectivity index (χ3v) is 3.70. The molecule has 1 aromatic rings. The van der Waals surface area contributed by atoms with Gasteiger partial charge in [0.25, 0.3) is 5.91 Å². The smallest absolute Gasteiger partial charge is 0.287 e. The normalized spacial score (nSPS) is 31.1. The minimum Gasteiger partial charge on any atom is -0.374 e. The Morgan fingerprint density at radius 3 is 3.33 bits per heavy atom. The zero-order chi connectivity index (χ0) is 12.5. The second-order valence-corrected chi connectivity index (χ2v) is 4.93. The molecule has 0 saturated carbocycles. The fourth-order valence-electron chi connectivity index (χ4n) is 2.76. The van der Waals surface area contributed by atoms with E-state index in [2.05, 4.69) is 15.6 Å². The number of hydrogen-bond donors (Lipinski definition) is 2. The fraction of sp³-hybridized carbons (Fsp3) is 0.667. The number of amides is 1. The van der Waals surface area contributed by atoms with E-state index in [-0.39, 0.29) is 18.1 Å². The average molecular weight is 250 g/mol. The van der Waals surface area contributed by atoms with Crippen LogP contribution in [-0.2, 0) is 11.8 Å². The minimum atomic E-state index is -0.135. The van der Waals surface area contributed by atoms with Crippen molar-refractivity contribution in [2.45, 2.75) is 31.0 Å². The van der Waals surface area contributed by atoms with Gasteiger partial charge in [0.2, 0.25) is 0 Å². The van der Waals surface area contributed by atoms with Crippen LogP contribution in [0.5, 0.6) is 0 Å². The highest BCUT2D eigenvalue weighted by Gasteiger charge is 2.39. The van der Waals surface area contributed by atoms with Crippen LogP contribution < -0.4 is 10.6 Å². The Balaban J connectivity index is 1.66. The van der Waals surface area contributed by atoms with Crippen LogP contribution in [0.1, 0.15) is 23.5 Å². The van der Waals surface area contributed by atoms with Gasteiger partial charge in [-0.2, -0.15) is 0 Å². The second-order valence-electron chi connectivity index (χ2n) is 4.93. The summed E-state index contributed by atoms with van der Waals surface area (Å²) in [5.41, 5.74) is 0. The molecule has 1 amide bonds. The van der Waals surface area contributed by atoms with Crippen molar-refractivity contribution in [1.82, 2.24) is 20.2 Å². The number of rotatable bonds is 2. The summed E-state index contributed by atoms with van der Waals surface area (Å²) in [7, 11) is 1.81. The Morgan fingerprint density at radius 1 is 1.67 bits per heavy atom. The van der Waals surface area contributed by atoms with Crippen LogP contribution in [0.25, 0.3) is 0 Å². The highest BCUT2D eigenvalue weighted by molar-refractivity contribution is 5.91. The van der Waals surface area contributed by atoms with Crippen molar-refractivity contribution in [3.63, 3.8) is 0 Å². The number of aryl methyl sites for hydroxylation is 1. The molecule has 3 rings (SSSR count). The Labute approximate surface area is 106 Å². The molecule has 2 aliphatic heterocycles. The molecule has 0 unspecified atom stereocenters. The number of aromatic nitrogens is 2. The van der Waals surface area contributed by atoms with E-state index in [0.29, 0.717) is 11.9 Å². The zero-order valence-corrected chi connectivity index (χ0v) is 10.4. The zero-order valence-electron chi connectivity index (χ0n) is 10.4. The summed E-state index contributed by atoms with van der Waals surface area (Å²) in [4.78, 5) is 16.1. The van der Waals surface area contributed by atoms with Crippen LogP contribution in [0.15, 0.2) is 12.4 Å². The van der Waals surface area contributed by atoms with Crippen molar-refractivity contribution in [3.05, 3.63) is 18.2 Å². The summed E-state index contributed by atoms with van der Waals surface area (Å²) in [5.74, 6) is 0.304. The summed E-state index contributed by atoms with van der Waals surface area (Å²) in [6.07, 6.45) is 5.71. The van der Waals surface area contributed by atoms with Gasteiger partial charge in [0.1, 0.15) is 0 Å². The molecule has 3 atom stereocenters. The molecule has 0 aromatic carbocycles. The highest BCUT2D eigenvalue weighted by Crippen LogP contribution is 2.21. The van der Waals surface area contributed by atoms with Crippen LogP contribution in [0.4, 0.5) is 0 Å². The Bertz CT molecular complexity index is 445. The SMILES string of the molecule is Cn1ccnc1C(=O)N[C@H]1CN[C@@H]2CCCO[C@@H]12.